The summed E-state index contributed by atoms with van der Waals surface area (Å²) in [5.74, 6) is 0.859. The second kappa shape index (κ2) is 8.45. The summed E-state index contributed by atoms with van der Waals surface area (Å²) in [6, 6.07) is 19.2. The normalized spacial score (nSPS) is 16.1. The van der Waals surface area contributed by atoms with Gasteiger partial charge < -0.3 is 5.32 Å². The lowest BCUT2D eigenvalue weighted by atomic mass is 10.0. The van der Waals surface area contributed by atoms with Gasteiger partial charge in [-0.25, -0.2) is 18.4 Å². The van der Waals surface area contributed by atoms with Crippen LogP contribution in [0.25, 0.3) is 22.0 Å². The second-order valence-electron chi connectivity index (χ2n) is 9.00. The van der Waals surface area contributed by atoms with Crippen molar-refractivity contribution in [2.24, 2.45) is 0 Å². The maximum absolute atomic E-state index is 13.3. The molecule has 0 radical (unpaired) electrons. The standard InChI is InChI=1S/C26H25N5O2S/c32-34(33,23-4-2-1-3-5-23)31(22-9-10-22)16-21-14-19(12-13-27-21)18-6-11-25-24(15-18)26(29-17-28-25)30-20-7-8-20/h1-6,11-15,17,20,22H,7-10,16H2,(H,28,29,30). The molecule has 2 fully saturated rings. The predicted molar refractivity (Wildman–Crippen MR) is 132 cm³/mol. The van der Waals surface area contributed by atoms with Crippen LogP contribution in [0.15, 0.2) is 78.1 Å². The van der Waals surface area contributed by atoms with Crippen LogP contribution in [-0.2, 0) is 16.6 Å². The number of anilines is 1. The predicted octanol–water partition coefficient (Wildman–Crippen LogP) is 4.62. The molecule has 1 N–H and O–H groups in total. The van der Waals surface area contributed by atoms with Crippen molar-refractivity contribution in [1.29, 1.82) is 0 Å². The van der Waals surface area contributed by atoms with E-state index in [0.717, 1.165) is 46.4 Å². The molecule has 4 aromatic rings. The van der Waals surface area contributed by atoms with Gasteiger partial charge in [-0.1, -0.05) is 24.3 Å². The minimum absolute atomic E-state index is 0.0320. The zero-order valence-corrected chi connectivity index (χ0v) is 19.4. The molecule has 0 bridgehead atoms. The first-order valence-electron chi connectivity index (χ1n) is 11.6. The molecule has 0 atom stereocenters. The molecule has 2 aliphatic rings. The fourth-order valence-corrected chi connectivity index (χ4v) is 5.85. The summed E-state index contributed by atoms with van der Waals surface area (Å²) in [5, 5.41) is 4.47. The highest BCUT2D eigenvalue weighted by molar-refractivity contribution is 7.89. The van der Waals surface area contributed by atoms with Crippen molar-refractivity contribution in [2.45, 2.75) is 49.2 Å². The third-order valence-electron chi connectivity index (χ3n) is 6.33. The number of rotatable bonds is 8. The zero-order valence-electron chi connectivity index (χ0n) is 18.6. The first-order valence-corrected chi connectivity index (χ1v) is 13.1. The largest absolute Gasteiger partial charge is 0.367 e. The molecule has 0 spiro atoms. The number of pyridine rings is 1. The Kier molecular flexibility index (Phi) is 5.27. The number of aromatic nitrogens is 3. The second-order valence-corrected chi connectivity index (χ2v) is 10.9. The van der Waals surface area contributed by atoms with Crippen molar-refractivity contribution in [3.05, 3.63) is 78.9 Å². The van der Waals surface area contributed by atoms with Gasteiger partial charge in [-0.3, -0.25) is 4.98 Å². The Labute approximate surface area is 198 Å². The monoisotopic (exact) mass is 471 g/mol. The Morgan fingerprint density at radius 3 is 2.44 bits per heavy atom. The van der Waals surface area contributed by atoms with Gasteiger partial charge in [0.1, 0.15) is 12.1 Å². The number of fused-ring (bicyclic) bond motifs is 1. The lowest BCUT2D eigenvalue weighted by Crippen LogP contribution is -2.33. The summed E-state index contributed by atoms with van der Waals surface area (Å²) in [5.41, 5.74) is 3.63. The minimum atomic E-state index is -3.59. The summed E-state index contributed by atoms with van der Waals surface area (Å²) in [7, 11) is -3.59. The Bertz CT molecular complexity index is 1450. The molecular formula is C26H25N5O2S. The molecule has 0 saturated heterocycles. The van der Waals surface area contributed by atoms with Crippen LogP contribution in [0.1, 0.15) is 31.4 Å². The van der Waals surface area contributed by atoms with Crippen LogP contribution in [-0.4, -0.2) is 39.8 Å². The van der Waals surface area contributed by atoms with E-state index in [0.29, 0.717) is 10.9 Å². The molecule has 2 heterocycles. The molecule has 0 aliphatic heterocycles. The molecule has 0 amide bonds. The molecule has 2 aromatic carbocycles. The highest BCUT2D eigenvalue weighted by Gasteiger charge is 2.38. The number of nitrogens with zero attached hydrogens (tertiary/aromatic N) is 4. The molecule has 2 saturated carbocycles. The maximum Gasteiger partial charge on any atom is 0.243 e. The fraction of sp³-hybridized carbons (Fsp3) is 0.269. The summed E-state index contributed by atoms with van der Waals surface area (Å²) in [6.07, 6.45) is 7.45. The molecule has 8 heteroatoms. The SMILES string of the molecule is O=S(=O)(c1ccccc1)N(Cc1cc(-c2ccc3ncnc(NC4CC4)c3c2)ccn1)C1CC1. The van der Waals surface area contributed by atoms with Crippen LogP contribution in [0.4, 0.5) is 5.82 Å². The van der Waals surface area contributed by atoms with Crippen molar-refractivity contribution in [2.75, 3.05) is 5.32 Å². The van der Waals surface area contributed by atoms with E-state index in [9.17, 15) is 8.42 Å². The molecule has 2 aromatic heterocycles. The average molecular weight is 472 g/mol. The zero-order chi connectivity index (χ0) is 23.1. The lowest BCUT2D eigenvalue weighted by Gasteiger charge is -2.22. The first kappa shape index (κ1) is 21.2. The Morgan fingerprint density at radius 1 is 0.882 bits per heavy atom. The summed E-state index contributed by atoms with van der Waals surface area (Å²) in [4.78, 5) is 13.7. The third kappa shape index (κ3) is 4.26. The number of sulfonamides is 1. The van der Waals surface area contributed by atoms with Gasteiger partial charge >= 0.3 is 0 Å². The summed E-state index contributed by atoms with van der Waals surface area (Å²) in [6.45, 7) is 0.251. The van der Waals surface area contributed by atoms with Gasteiger partial charge in [-0.15, -0.1) is 0 Å². The minimum Gasteiger partial charge on any atom is -0.367 e. The highest BCUT2D eigenvalue weighted by Crippen LogP contribution is 2.34. The number of hydrogen-bond acceptors (Lipinski definition) is 6. The smallest absolute Gasteiger partial charge is 0.243 e. The average Bonchev–Trinajstić information content (AvgIpc) is 3.79. The van der Waals surface area contributed by atoms with E-state index in [1.807, 2.05) is 30.3 Å². The summed E-state index contributed by atoms with van der Waals surface area (Å²) < 4.78 is 28.3. The van der Waals surface area contributed by atoms with Crippen molar-refractivity contribution in [1.82, 2.24) is 19.3 Å². The van der Waals surface area contributed by atoms with E-state index >= 15 is 0 Å². The van der Waals surface area contributed by atoms with Crippen LogP contribution in [0, 0.1) is 0 Å². The van der Waals surface area contributed by atoms with E-state index in [2.05, 4.69) is 26.3 Å². The Hall–Kier alpha value is -3.36. The molecule has 34 heavy (non-hydrogen) atoms. The number of hydrogen-bond donors (Lipinski definition) is 1. The Balaban J connectivity index is 1.32. The van der Waals surface area contributed by atoms with E-state index < -0.39 is 10.0 Å². The van der Waals surface area contributed by atoms with Gasteiger partial charge in [0.2, 0.25) is 10.0 Å². The van der Waals surface area contributed by atoms with Gasteiger partial charge in [0.25, 0.3) is 0 Å². The third-order valence-corrected chi connectivity index (χ3v) is 8.24. The maximum atomic E-state index is 13.3. The van der Waals surface area contributed by atoms with Gasteiger partial charge in [0.15, 0.2) is 0 Å². The van der Waals surface area contributed by atoms with Crippen molar-refractivity contribution in [3.8, 4) is 11.1 Å². The topological polar surface area (TPSA) is 88.1 Å². The van der Waals surface area contributed by atoms with Gasteiger partial charge in [0.05, 0.1) is 22.7 Å². The van der Waals surface area contributed by atoms with E-state index in [4.69, 9.17) is 0 Å². The van der Waals surface area contributed by atoms with Crippen LogP contribution < -0.4 is 5.32 Å². The first-order chi connectivity index (χ1) is 16.6. The molecule has 6 rings (SSSR count). The number of nitrogens with one attached hydrogen (secondary N) is 1. The van der Waals surface area contributed by atoms with E-state index in [1.165, 1.54) is 12.8 Å². The Morgan fingerprint density at radius 2 is 1.68 bits per heavy atom. The van der Waals surface area contributed by atoms with Crippen molar-refractivity contribution < 1.29 is 8.42 Å². The highest BCUT2D eigenvalue weighted by atomic mass is 32.2. The van der Waals surface area contributed by atoms with Crippen molar-refractivity contribution >= 4 is 26.7 Å². The van der Waals surface area contributed by atoms with Crippen LogP contribution >= 0.6 is 0 Å². The number of benzene rings is 2. The molecule has 7 nitrogen and oxygen atoms in total. The van der Waals surface area contributed by atoms with Gasteiger partial charge in [-0.05, 0) is 73.2 Å². The van der Waals surface area contributed by atoms with Crippen LogP contribution in [0.5, 0.6) is 0 Å². The molecular weight excluding hydrogens is 446 g/mol. The molecule has 2 aliphatic carbocycles. The van der Waals surface area contributed by atoms with Gasteiger partial charge in [0, 0.05) is 23.7 Å². The van der Waals surface area contributed by atoms with Crippen molar-refractivity contribution in [3.63, 3.8) is 0 Å². The molecule has 0 unspecified atom stereocenters. The quantitative estimate of drug-likeness (QED) is 0.403. The molecule has 172 valence electrons. The van der Waals surface area contributed by atoms with Crippen LogP contribution in [0.2, 0.25) is 0 Å². The van der Waals surface area contributed by atoms with E-state index in [1.54, 1.807) is 41.1 Å². The van der Waals surface area contributed by atoms with Gasteiger partial charge in [-0.2, -0.15) is 4.31 Å². The van der Waals surface area contributed by atoms with E-state index in [-0.39, 0.29) is 12.6 Å². The fourth-order valence-electron chi connectivity index (χ4n) is 4.18. The lowest BCUT2D eigenvalue weighted by molar-refractivity contribution is 0.394. The summed E-state index contributed by atoms with van der Waals surface area (Å²) >= 11 is 0. The van der Waals surface area contributed by atoms with Crippen LogP contribution in [0.3, 0.4) is 0 Å².